The van der Waals surface area contributed by atoms with Crippen LogP contribution in [0.25, 0.3) is 0 Å². The summed E-state index contributed by atoms with van der Waals surface area (Å²) >= 11 is 5.76. The van der Waals surface area contributed by atoms with E-state index in [9.17, 15) is 13.2 Å². The highest BCUT2D eigenvalue weighted by molar-refractivity contribution is 7.92. The molecule has 7 heteroatoms. The Labute approximate surface area is 121 Å². The van der Waals surface area contributed by atoms with Gasteiger partial charge in [0.05, 0.1) is 16.1 Å². The third kappa shape index (κ3) is 3.09. The van der Waals surface area contributed by atoms with Gasteiger partial charge in [-0.25, -0.2) is 8.42 Å². The van der Waals surface area contributed by atoms with Gasteiger partial charge in [0.25, 0.3) is 15.9 Å². The quantitative estimate of drug-likeness (QED) is 0.907. The summed E-state index contributed by atoms with van der Waals surface area (Å²) in [7, 11) is -3.78. The number of rotatable bonds is 4. The first kappa shape index (κ1) is 14.4. The van der Waals surface area contributed by atoms with E-state index in [1.165, 1.54) is 30.3 Å². The van der Waals surface area contributed by atoms with Gasteiger partial charge in [0, 0.05) is 5.02 Å². The number of nitrogens with one attached hydrogen (secondary N) is 1. The summed E-state index contributed by atoms with van der Waals surface area (Å²) in [6.45, 7) is 0. The Bertz CT molecular complexity index is 745. The molecule has 104 valence electrons. The van der Waals surface area contributed by atoms with Crippen molar-refractivity contribution in [2.24, 2.45) is 5.73 Å². The molecule has 0 saturated carbocycles. The third-order valence-electron chi connectivity index (χ3n) is 2.54. The maximum absolute atomic E-state index is 12.2. The van der Waals surface area contributed by atoms with E-state index >= 15 is 0 Å². The van der Waals surface area contributed by atoms with Crippen molar-refractivity contribution in [2.75, 3.05) is 4.72 Å². The van der Waals surface area contributed by atoms with Gasteiger partial charge in [-0.2, -0.15) is 0 Å². The molecule has 0 fully saturated rings. The number of carbonyl (C=O) groups is 1. The van der Waals surface area contributed by atoms with Crippen LogP contribution in [-0.2, 0) is 10.0 Å². The lowest BCUT2D eigenvalue weighted by Gasteiger charge is -2.11. The average molecular weight is 311 g/mol. The molecule has 20 heavy (non-hydrogen) atoms. The fourth-order valence-corrected chi connectivity index (χ4v) is 2.89. The largest absolute Gasteiger partial charge is 0.366 e. The Morgan fingerprint density at radius 2 is 1.75 bits per heavy atom. The molecule has 0 atom stereocenters. The van der Waals surface area contributed by atoms with Crippen molar-refractivity contribution in [1.82, 2.24) is 0 Å². The van der Waals surface area contributed by atoms with Crippen LogP contribution in [0.4, 0.5) is 5.69 Å². The van der Waals surface area contributed by atoms with Crippen LogP contribution in [0.15, 0.2) is 53.4 Å². The van der Waals surface area contributed by atoms with Crippen molar-refractivity contribution >= 4 is 33.2 Å². The number of amides is 1. The molecule has 0 aliphatic carbocycles. The van der Waals surface area contributed by atoms with Crippen LogP contribution in [0.5, 0.6) is 0 Å². The van der Waals surface area contributed by atoms with Gasteiger partial charge < -0.3 is 5.73 Å². The van der Waals surface area contributed by atoms with E-state index in [-0.39, 0.29) is 16.1 Å². The molecule has 2 rings (SSSR count). The fourth-order valence-electron chi connectivity index (χ4n) is 1.61. The summed E-state index contributed by atoms with van der Waals surface area (Å²) in [4.78, 5) is 11.4. The number of sulfonamides is 1. The Kier molecular flexibility index (Phi) is 3.96. The number of carbonyl (C=O) groups excluding carboxylic acids is 1. The van der Waals surface area contributed by atoms with Crippen LogP contribution in [0.3, 0.4) is 0 Å². The zero-order valence-electron chi connectivity index (χ0n) is 10.2. The van der Waals surface area contributed by atoms with E-state index in [1.807, 2.05) is 0 Å². The van der Waals surface area contributed by atoms with E-state index < -0.39 is 15.9 Å². The van der Waals surface area contributed by atoms with Crippen molar-refractivity contribution < 1.29 is 13.2 Å². The summed E-state index contributed by atoms with van der Waals surface area (Å²) in [6, 6.07) is 12.0. The van der Waals surface area contributed by atoms with E-state index in [0.717, 1.165) is 0 Å². The number of halogens is 1. The second-order valence-electron chi connectivity index (χ2n) is 3.97. The van der Waals surface area contributed by atoms with Crippen molar-refractivity contribution in [1.29, 1.82) is 0 Å². The van der Waals surface area contributed by atoms with Crippen molar-refractivity contribution in [2.45, 2.75) is 4.90 Å². The molecule has 0 spiro atoms. The van der Waals surface area contributed by atoms with Crippen LogP contribution < -0.4 is 10.5 Å². The Hall–Kier alpha value is -2.05. The fraction of sp³-hybridized carbons (Fsp3) is 0. The minimum atomic E-state index is -3.78. The minimum absolute atomic E-state index is 0.0111. The number of primary amides is 1. The van der Waals surface area contributed by atoms with Crippen LogP contribution >= 0.6 is 11.6 Å². The van der Waals surface area contributed by atoms with Crippen molar-refractivity contribution in [3.8, 4) is 0 Å². The van der Waals surface area contributed by atoms with Gasteiger partial charge in [-0.15, -0.1) is 0 Å². The third-order valence-corrected chi connectivity index (χ3v) is 4.16. The summed E-state index contributed by atoms with van der Waals surface area (Å²) in [5.41, 5.74) is 5.31. The summed E-state index contributed by atoms with van der Waals surface area (Å²) in [5.74, 6) is -0.765. The molecule has 0 radical (unpaired) electrons. The van der Waals surface area contributed by atoms with E-state index in [4.69, 9.17) is 17.3 Å². The topological polar surface area (TPSA) is 89.3 Å². The molecule has 0 aromatic heterocycles. The normalized spacial score (nSPS) is 11.1. The molecule has 0 heterocycles. The highest BCUT2D eigenvalue weighted by Gasteiger charge is 2.17. The van der Waals surface area contributed by atoms with Gasteiger partial charge in [-0.05, 0) is 30.3 Å². The lowest BCUT2D eigenvalue weighted by atomic mass is 10.2. The molecule has 3 N–H and O–H groups in total. The first-order valence-corrected chi connectivity index (χ1v) is 7.43. The standard InChI is InChI=1S/C13H11ClN2O3S/c14-9-6-7-12(11(8-9)13(15)17)16-20(18,19)10-4-2-1-3-5-10/h1-8,16H,(H2,15,17). The summed E-state index contributed by atoms with van der Waals surface area (Å²) in [6.07, 6.45) is 0. The zero-order valence-corrected chi connectivity index (χ0v) is 11.8. The molecule has 2 aromatic carbocycles. The van der Waals surface area contributed by atoms with E-state index in [2.05, 4.69) is 4.72 Å². The molecule has 1 amide bonds. The molecule has 0 bridgehead atoms. The number of hydrogen-bond acceptors (Lipinski definition) is 3. The molecule has 5 nitrogen and oxygen atoms in total. The van der Waals surface area contributed by atoms with E-state index in [0.29, 0.717) is 5.02 Å². The number of nitrogens with two attached hydrogens (primary N) is 1. The average Bonchev–Trinajstić information content (AvgIpc) is 2.41. The van der Waals surface area contributed by atoms with Crippen LogP contribution in [0.2, 0.25) is 5.02 Å². The van der Waals surface area contributed by atoms with Gasteiger partial charge >= 0.3 is 0 Å². The smallest absolute Gasteiger partial charge is 0.261 e. The summed E-state index contributed by atoms with van der Waals surface area (Å²) < 4.78 is 26.7. The number of benzene rings is 2. The number of anilines is 1. The molecular formula is C13H11ClN2O3S. The second-order valence-corrected chi connectivity index (χ2v) is 6.09. The second kappa shape index (κ2) is 5.52. The lowest BCUT2D eigenvalue weighted by Crippen LogP contribution is -2.18. The minimum Gasteiger partial charge on any atom is -0.366 e. The predicted molar refractivity (Wildman–Crippen MR) is 77.2 cm³/mol. The lowest BCUT2D eigenvalue weighted by molar-refractivity contribution is 0.100. The molecule has 0 saturated heterocycles. The monoisotopic (exact) mass is 310 g/mol. The van der Waals surface area contributed by atoms with Crippen molar-refractivity contribution in [3.63, 3.8) is 0 Å². The first-order valence-electron chi connectivity index (χ1n) is 5.57. The van der Waals surface area contributed by atoms with Gasteiger partial charge in [0.2, 0.25) is 0 Å². The number of hydrogen-bond donors (Lipinski definition) is 2. The van der Waals surface area contributed by atoms with E-state index in [1.54, 1.807) is 18.2 Å². The molecular weight excluding hydrogens is 300 g/mol. The maximum Gasteiger partial charge on any atom is 0.261 e. The van der Waals surface area contributed by atoms with Gasteiger partial charge in [-0.3, -0.25) is 9.52 Å². The van der Waals surface area contributed by atoms with Gasteiger partial charge in [0.15, 0.2) is 0 Å². The molecule has 0 aliphatic heterocycles. The Morgan fingerprint density at radius 3 is 2.35 bits per heavy atom. The molecule has 0 unspecified atom stereocenters. The van der Waals surface area contributed by atoms with Crippen LogP contribution in [0.1, 0.15) is 10.4 Å². The predicted octanol–water partition coefficient (Wildman–Crippen LogP) is 2.24. The molecule has 0 aliphatic rings. The van der Waals surface area contributed by atoms with Crippen LogP contribution in [0, 0.1) is 0 Å². The van der Waals surface area contributed by atoms with Gasteiger partial charge in [-0.1, -0.05) is 29.8 Å². The SMILES string of the molecule is NC(=O)c1cc(Cl)ccc1NS(=O)(=O)c1ccccc1. The maximum atomic E-state index is 12.2. The molecule has 2 aromatic rings. The van der Waals surface area contributed by atoms with Gasteiger partial charge in [0.1, 0.15) is 0 Å². The highest BCUT2D eigenvalue weighted by Crippen LogP contribution is 2.23. The Balaban J connectivity index is 2.43. The summed E-state index contributed by atoms with van der Waals surface area (Å²) in [5, 5.41) is 0.293. The zero-order chi connectivity index (χ0) is 14.8. The first-order chi connectivity index (χ1) is 9.40. The van der Waals surface area contributed by atoms with Crippen LogP contribution in [-0.4, -0.2) is 14.3 Å². The highest BCUT2D eigenvalue weighted by atomic mass is 35.5. The Morgan fingerprint density at radius 1 is 1.10 bits per heavy atom. The van der Waals surface area contributed by atoms with Crippen molar-refractivity contribution in [3.05, 3.63) is 59.1 Å².